The summed E-state index contributed by atoms with van der Waals surface area (Å²) in [6.07, 6.45) is 1.99. The fraction of sp³-hybridized carbons (Fsp3) is 0.333. The van der Waals surface area contributed by atoms with E-state index in [1.165, 1.54) is 0 Å². The summed E-state index contributed by atoms with van der Waals surface area (Å²) < 4.78 is 24.6. The number of nitrogens with zero attached hydrogens (tertiary/aromatic N) is 2. The minimum Gasteiger partial charge on any atom is -0.310 e. The number of nitrogens with one attached hydrogen (secondary N) is 1. The summed E-state index contributed by atoms with van der Waals surface area (Å²) in [4.78, 5) is 12.3. The Balaban J connectivity index is 1.82. The highest BCUT2D eigenvalue weighted by Gasteiger charge is 2.33. The molecule has 1 fully saturated rings. The number of hydrogen-bond donors (Lipinski definition) is 1. The van der Waals surface area contributed by atoms with E-state index < -0.39 is 15.8 Å². The number of anilines is 1. The van der Waals surface area contributed by atoms with Gasteiger partial charge in [-0.1, -0.05) is 18.2 Å². The molecule has 0 radical (unpaired) electrons. The van der Waals surface area contributed by atoms with Crippen molar-refractivity contribution in [1.29, 1.82) is 0 Å². The van der Waals surface area contributed by atoms with Crippen LogP contribution in [0.15, 0.2) is 36.5 Å². The van der Waals surface area contributed by atoms with Crippen LogP contribution in [0.4, 0.5) is 5.82 Å². The van der Waals surface area contributed by atoms with E-state index in [0.29, 0.717) is 12.2 Å². The Morgan fingerprint density at radius 3 is 2.77 bits per heavy atom. The fourth-order valence-corrected chi connectivity index (χ4v) is 4.36. The summed E-state index contributed by atoms with van der Waals surface area (Å²) in [6.45, 7) is 1.96. The molecular weight excluding hydrogens is 302 g/mol. The molecule has 7 heteroatoms. The lowest BCUT2D eigenvalue weighted by molar-refractivity contribution is -0.119. The zero-order chi connectivity index (χ0) is 15.7. The average Bonchev–Trinajstić information content (AvgIpc) is 3.06. The van der Waals surface area contributed by atoms with E-state index in [-0.39, 0.29) is 17.4 Å². The number of rotatable bonds is 3. The molecule has 0 saturated carbocycles. The molecule has 0 spiro atoms. The topological polar surface area (TPSA) is 81.1 Å². The summed E-state index contributed by atoms with van der Waals surface area (Å²) in [6, 6.07) is 9.42. The molecule has 2 aromatic rings. The van der Waals surface area contributed by atoms with Crippen molar-refractivity contribution >= 4 is 21.6 Å². The van der Waals surface area contributed by atoms with E-state index in [1.807, 2.05) is 31.2 Å². The summed E-state index contributed by atoms with van der Waals surface area (Å²) in [5.74, 6) is -0.190. The van der Waals surface area contributed by atoms with Crippen molar-refractivity contribution in [1.82, 2.24) is 9.78 Å². The quantitative estimate of drug-likeness (QED) is 0.931. The van der Waals surface area contributed by atoms with Crippen LogP contribution in [0.1, 0.15) is 12.0 Å². The van der Waals surface area contributed by atoms with Gasteiger partial charge in [0.2, 0.25) is 5.91 Å². The molecule has 0 aliphatic carbocycles. The van der Waals surface area contributed by atoms with E-state index in [9.17, 15) is 13.2 Å². The van der Waals surface area contributed by atoms with Crippen LogP contribution in [0.5, 0.6) is 0 Å². The first kappa shape index (κ1) is 14.8. The van der Waals surface area contributed by atoms with E-state index in [1.54, 1.807) is 16.9 Å². The summed E-state index contributed by atoms with van der Waals surface area (Å²) in [5, 5.41) is 7.03. The van der Waals surface area contributed by atoms with Crippen molar-refractivity contribution in [2.45, 2.75) is 13.3 Å². The van der Waals surface area contributed by atoms with Gasteiger partial charge in [-0.05, 0) is 25.0 Å². The maximum Gasteiger partial charge on any atom is 0.229 e. The molecule has 22 heavy (non-hydrogen) atoms. The fourth-order valence-electron chi connectivity index (χ4n) is 2.62. The number of hydrogen-bond acceptors (Lipinski definition) is 4. The van der Waals surface area contributed by atoms with Gasteiger partial charge in [0.1, 0.15) is 5.82 Å². The predicted octanol–water partition coefficient (Wildman–Crippen LogP) is 1.55. The molecule has 2 heterocycles. The van der Waals surface area contributed by atoms with Crippen molar-refractivity contribution in [3.05, 3.63) is 42.1 Å². The summed E-state index contributed by atoms with van der Waals surface area (Å²) in [5.41, 5.74) is 1.91. The largest absolute Gasteiger partial charge is 0.310 e. The SMILES string of the molecule is Cc1ccccc1-n1nccc1NC(=O)[C@H]1CCS(=O)(=O)C1. The number of aromatic nitrogens is 2. The average molecular weight is 319 g/mol. The predicted molar refractivity (Wildman–Crippen MR) is 83.7 cm³/mol. The van der Waals surface area contributed by atoms with Crippen molar-refractivity contribution in [2.24, 2.45) is 5.92 Å². The van der Waals surface area contributed by atoms with Gasteiger partial charge in [0.15, 0.2) is 9.84 Å². The Morgan fingerprint density at radius 1 is 1.32 bits per heavy atom. The summed E-state index contributed by atoms with van der Waals surface area (Å²) in [7, 11) is -3.07. The van der Waals surface area contributed by atoms with Crippen molar-refractivity contribution in [3.63, 3.8) is 0 Å². The minimum absolute atomic E-state index is 0.0721. The van der Waals surface area contributed by atoms with Gasteiger partial charge in [0, 0.05) is 6.07 Å². The maximum absolute atomic E-state index is 12.3. The highest BCUT2D eigenvalue weighted by atomic mass is 32.2. The Morgan fingerprint density at radius 2 is 2.09 bits per heavy atom. The van der Waals surface area contributed by atoms with Gasteiger partial charge in [-0.15, -0.1) is 0 Å². The van der Waals surface area contributed by atoms with Crippen molar-refractivity contribution < 1.29 is 13.2 Å². The van der Waals surface area contributed by atoms with Gasteiger partial charge >= 0.3 is 0 Å². The lowest BCUT2D eigenvalue weighted by atomic mass is 10.1. The third-order valence-electron chi connectivity index (χ3n) is 3.84. The van der Waals surface area contributed by atoms with Crippen LogP contribution in [0.3, 0.4) is 0 Å². The first-order valence-corrected chi connectivity index (χ1v) is 8.90. The van der Waals surface area contributed by atoms with Crippen LogP contribution in [0.25, 0.3) is 5.69 Å². The standard InChI is InChI=1S/C15H17N3O3S/c1-11-4-2-3-5-13(11)18-14(6-8-16-18)17-15(19)12-7-9-22(20,21)10-12/h2-6,8,12H,7,9-10H2,1H3,(H,17,19)/t12-/m0/s1. The van der Waals surface area contributed by atoms with Crippen LogP contribution in [0.2, 0.25) is 0 Å². The Hall–Kier alpha value is -2.15. The third-order valence-corrected chi connectivity index (χ3v) is 5.61. The second-order valence-electron chi connectivity index (χ2n) is 5.50. The first-order chi connectivity index (χ1) is 10.5. The number of amides is 1. The van der Waals surface area contributed by atoms with Crippen LogP contribution >= 0.6 is 0 Å². The van der Waals surface area contributed by atoms with E-state index >= 15 is 0 Å². The van der Waals surface area contributed by atoms with Crippen molar-refractivity contribution in [2.75, 3.05) is 16.8 Å². The smallest absolute Gasteiger partial charge is 0.229 e. The van der Waals surface area contributed by atoms with Crippen LogP contribution in [-0.4, -0.2) is 35.6 Å². The number of carbonyl (C=O) groups is 1. The van der Waals surface area contributed by atoms with Gasteiger partial charge in [-0.25, -0.2) is 13.1 Å². The van der Waals surface area contributed by atoms with E-state index in [2.05, 4.69) is 10.4 Å². The van der Waals surface area contributed by atoms with Gasteiger partial charge in [0.05, 0.1) is 29.3 Å². The molecule has 1 saturated heterocycles. The van der Waals surface area contributed by atoms with Gasteiger partial charge in [0.25, 0.3) is 0 Å². The van der Waals surface area contributed by atoms with Gasteiger partial charge in [-0.2, -0.15) is 5.10 Å². The van der Waals surface area contributed by atoms with E-state index in [0.717, 1.165) is 11.3 Å². The van der Waals surface area contributed by atoms with E-state index in [4.69, 9.17) is 0 Å². The second-order valence-corrected chi connectivity index (χ2v) is 7.73. The van der Waals surface area contributed by atoms with Crippen molar-refractivity contribution in [3.8, 4) is 5.69 Å². The monoisotopic (exact) mass is 319 g/mol. The number of sulfone groups is 1. The molecule has 1 aliphatic heterocycles. The van der Waals surface area contributed by atoms with Crippen LogP contribution < -0.4 is 5.32 Å². The number of aryl methyl sites for hydroxylation is 1. The maximum atomic E-state index is 12.3. The highest BCUT2D eigenvalue weighted by molar-refractivity contribution is 7.91. The molecule has 0 unspecified atom stereocenters. The lowest BCUT2D eigenvalue weighted by Gasteiger charge is -2.13. The number of carbonyl (C=O) groups excluding carboxylic acids is 1. The molecule has 1 N–H and O–H groups in total. The van der Waals surface area contributed by atoms with Crippen LogP contribution in [-0.2, 0) is 14.6 Å². The number of benzene rings is 1. The Labute approximate surface area is 129 Å². The molecule has 1 aromatic carbocycles. The molecule has 1 aromatic heterocycles. The second kappa shape index (κ2) is 5.57. The molecule has 6 nitrogen and oxygen atoms in total. The molecule has 1 amide bonds. The molecule has 0 bridgehead atoms. The third kappa shape index (κ3) is 2.89. The Kier molecular flexibility index (Phi) is 3.74. The van der Waals surface area contributed by atoms with Gasteiger partial charge in [-0.3, -0.25) is 4.79 Å². The molecule has 116 valence electrons. The zero-order valence-electron chi connectivity index (χ0n) is 12.2. The van der Waals surface area contributed by atoms with Crippen LogP contribution in [0, 0.1) is 12.8 Å². The number of para-hydroxylation sites is 1. The van der Waals surface area contributed by atoms with Gasteiger partial charge < -0.3 is 5.32 Å². The first-order valence-electron chi connectivity index (χ1n) is 7.07. The normalized spacial score (nSPS) is 20.0. The lowest BCUT2D eigenvalue weighted by Crippen LogP contribution is -2.25. The zero-order valence-corrected chi connectivity index (χ0v) is 13.0. The molecule has 1 atom stereocenters. The summed E-state index contributed by atoms with van der Waals surface area (Å²) >= 11 is 0. The molecule has 1 aliphatic rings. The highest BCUT2D eigenvalue weighted by Crippen LogP contribution is 2.22. The minimum atomic E-state index is -3.07. The molecule has 3 rings (SSSR count). The Bertz CT molecular complexity index is 811. The molecular formula is C15H17N3O3S.